The normalized spacial score (nSPS) is 10.9. The van der Waals surface area contributed by atoms with Crippen LogP contribution >= 0.6 is 35.6 Å². The number of halogens is 2. The summed E-state index contributed by atoms with van der Waals surface area (Å²) in [5, 5.41) is 7.58. The Balaban J connectivity index is 0.00000300. The number of nitrogens with zero attached hydrogens (tertiary/aromatic N) is 3. The number of rotatable bonds is 7. The van der Waals surface area contributed by atoms with Crippen LogP contribution in [0.3, 0.4) is 0 Å². The third-order valence-electron chi connectivity index (χ3n) is 3.83. The molecule has 0 aliphatic rings. The number of anilines is 1. The first kappa shape index (κ1) is 22.8. The van der Waals surface area contributed by atoms with E-state index in [4.69, 9.17) is 31.3 Å². The Hall–Kier alpha value is -2.53. The lowest BCUT2D eigenvalue weighted by Gasteiger charge is -2.12. The molecule has 29 heavy (non-hydrogen) atoms. The van der Waals surface area contributed by atoms with Crippen molar-refractivity contribution >= 4 is 47.2 Å². The van der Waals surface area contributed by atoms with Crippen molar-refractivity contribution in [1.82, 2.24) is 10.1 Å². The van der Waals surface area contributed by atoms with Crippen molar-refractivity contribution in [1.29, 1.82) is 0 Å². The fourth-order valence-electron chi connectivity index (χ4n) is 2.46. The van der Waals surface area contributed by atoms with Gasteiger partial charge in [0.25, 0.3) is 0 Å². The van der Waals surface area contributed by atoms with Gasteiger partial charge in [-0.15, -0.1) is 24.0 Å². The van der Waals surface area contributed by atoms with Gasteiger partial charge < -0.3 is 25.0 Å². The summed E-state index contributed by atoms with van der Waals surface area (Å²) in [7, 11) is 3.17. The molecule has 0 unspecified atom stereocenters. The fraction of sp³-hybridized carbons (Fsp3) is 0.211. The zero-order valence-electron chi connectivity index (χ0n) is 15.9. The topological polar surface area (TPSA) is 108 Å². The third kappa shape index (κ3) is 6.23. The number of aliphatic imine (C=N–C) groups is 1. The summed E-state index contributed by atoms with van der Waals surface area (Å²) >= 11 is 5.99. The molecule has 3 N–H and O–H groups in total. The van der Waals surface area contributed by atoms with E-state index in [0.717, 1.165) is 5.56 Å². The van der Waals surface area contributed by atoms with Gasteiger partial charge in [-0.3, -0.25) is 4.99 Å². The molecule has 0 aliphatic heterocycles. The predicted molar refractivity (Wildman–Crippen MR) is 124 cm³/mol. The highest BCUT2D eigenvalue weighted by molar-refractivity contribution is 14.0. The molecule has 1 heterocycles. The van der Waals surface area contributed by atoms with Crippen molar-refractivity contribution in [3.63, 3.8) is 0 Å². The molecule has 0 radical (unpaired) electrons. The van der Waals surface area contributed by atoms with E-state index in [2.05, 4.69) is 20.4 Å². The Bertz CT molecular complexity index is 980. The summed E-state index contributed by atoms with van der Waals surface area (Å²) in [6.07, 6.45) is 0.450. The highest BCUT2D eigenvalue weighted by atomic mass is 127. The highest BCUT2D eigenvalue weighted by Crippen LogP contribution is 2.28. The monoisotopic (exact) mass is 529 g/mol. The molecule has 154 valence electrons. The molecular formula is C19H21ClIN5O3. The van der Waals surface area contributed by atoms with Crippen LogP contribution < -0.4 is 20.5 Å². The minimum atomic E-state index is 0. The molecule has 0 amide bonds. The number of aromatic nitrogens is 2. The standard InChI is InChI=1S/C19H20ClN5O3.HI/c1-26-14-6-7-16(27-2)15(11-14)23-19(21)22-9-8-17-24-18(25-28-17)12-4-3-5-13(20)10-12;/h3-7,10-11H,8-9H2,1-2H3,(H3,21,22,23);1H. The Labute approximate surface area is 190 Å². The molecule has 3 rings (SSSR count). The number of hydrogen-bond donors (Lipinski definition) is 2. The van der Waals surface area contributed by atoms with Gasteiger partial charge >= 0.3 is 0 Å². The largest absolute Gasteiger partial charge is 0.497 e. The first-order chi connectivity index (χ1) is 13.6. The average Bonchev–Trinajstić information content (AvgIpc) is 3.17. The van der Waals surface area contributed by atoms with Crippen LogP contribution in [-0.4, -0.2) is 36.9 Å². The molecule has 0 spiro atoms. The lowest BCUT2D eigenvalue weighted by Crippen LogP contribution is -2.23. The number of benzene rings is 2. The number of methoxy groups -OCH3 is 2. The molecule has 0 bridgehead atoms. The first-order valence-electron chi connectivity index (χ1n) is 8.46. The molecule has 1 aromatic heterocycles. The van der Waals surface area contributed by atoms with E-state index < -0.39 is 0 Å². The van der Waals surface area contributed by atoms with Crippen LogP contribution in [0.5, 0.6) is 11.5 Å². The molecular weight excluding hydrogens is 509 g/mol. The van der Waals surface area contributed by atoms with Gasteiger partial charge in [0.05, 0.1) is 26.5 Å². The summed E-state index contributed by atoms with van der Waals surface area (Å²) in [6.45, 7) is 0.377. The van der Waals surface area contributed by atoms with Crippen molar-refractivity contribution in [2.24, 2.45) is 10.7 Å². The second kappa shape index (κ2) is 10.9. The number of ether oxygens (including phenoxy) is 2. The zero-order chi connectivity index (χ0) is 19.9. The summed E-state index contributed by atoms with van der Waals surface area (Å²) in [4.78, 5) is 8.63. The molecule has 0 atom stereocenters. The van der Waals surface area contributed by atoms with Crippen molar-refractivity contribution in [3.05, 3.63) is 53.4 Å². The van der Waals surface area contributed by atoms with Crippen LogP contribution in [0.4, 0.5) is 5.69 Å². The molecule has 10 heteroatoms. The SMILES string of the molecule is COc1ccc(OC)c(NC(N)=NCCc2nc(-c3cccc(Cl)c3)no2)c1.I. The Morgan fingerprint density at radius 3 is 2.76 bits per heavy atom. The third-order valence-corrected chi connectivity index (χ3v) is 4.06. The molecule has 0 saturated carbocycles. The van der Waals surface area contributed by atoms with Gasteiger partial charge in [0, 0.05) is 23.1 Å². The Kier molecular flexibility index (Phi) is 8.52. The lowest BCUT2D eigenvalue weighted by atomic mass is 10.2. The quantitative estimate of drug-likeness (QED) is 0.271. The summed E-state index contributed by atoms with van der Waals surface area (Å²) in [5.41, 5.74) is 7.40. The van der Waals surface area contributed by atoms with Crippen molar-refractivity contribution in [2.45, 2.75) is 6.42 Å². The second-order valence-electron chi connectivity index (χ2n) is 5.73. The van der Waals surface area contributed by atoms with E-state index in [1.54, 1.807) is 44.6 Å². The molecule has 8 nitrogen and oxygen atoms in total. The van der Waals surface area contributed by atoms with Crippen molar-refractivity contribution in [3.8, 4) is 22.9 Å². The van der Waals surface area contributed by atoms with E-state index in [1.165, 1.54) is 0 Å². The number of nitrogens with two attached hydrogens (primary N) is 1. The number of guanidine groups is 1. The first-order valence-corrected chi connectivity index (χ1v) is 8.84. The minimum Gasteiger partial charge on any atom is -0.497 e. The van der Waals surface area contributed by atoms with Crippen LogP contribution in [0, 0.1) is 0 Å². The maximum atomic E-state index is 5.99. The summed E-state index contributed by atoms with van der Waals surface area (Å²) in [6, 6.07) is 12.6. The van der Waals surface area contributed by atoms with Gasteiger partial charge in [-0.25, -0.2) is 0 Å². The zero-order valence-corrected chi connectivity index (χ0v) is 19.0. The van der Waals surface area contributed by atoms with Gasteiger partial charge in [-0.05, 0) is 24.3 Å². The van der Waals surface area contributed by atoms with Crippen molar-refractivity contribution < 1.29 is 14.0 Å². The van der Waals surface area contributed by atoms with Crippen LogP contribution in [0.2, 0.25) is 5.02 Å². The van der Waals surface area contributed by atoms with Gasteiger partial charge in [0.15, 0.2) is 5.96 Å². The van der Waals surface area contributed by atoms with Gasteiger partial charge in [-0.2, -0.15) is 4.98 Å². The fourth-order valence-corrected chi connectivity index (χ4v) is 2.65. The van der Waals surface area contributed by atoms with Crippen LogP contribution in [-0.2, 0) is 6.42 Å². The van der Waals surface area contributed by atoms with E-state index in [-0.39, 0.29) is 29.9 Å². The minimum absolute atomic E-state index is 0. The van der Waals surface area contributed by atoms with E-state index in [1.807, 2.05) is 12.1 Å². The molecule has 0 aliphatic carbocycles. The van der Waals surface area contributed by atoms with Crippen LogP contribution in [0.1, 0.15) is 5.89 Å². The molecule has 0 fully saturated rings. The average molecular weight is 530 g/mol. The molecule has 0 saturated heterocycles. The smallest absolute Gasteiger partial charge is 0.228 e. The van der Waals surface area contributed by atoms with E-state index in [0.29, 0.717) is 46.9 Å². The van der Waals surface area contributed by atoms with Crippen LogP contribution in [0.15, 0.2) is 52.0 Å². The van der Waals surface area contributed by atoms with Gasteiger partial charge in [0.1, 0.15) is 11.5 Å². The second-order valence-corrected chi connectivity index (χ2v) is 6.17. The lowest BCUT2D eigenvalue weighted by molar-refractivity contribution is 0.380. The van der Waals surface area contributed by atoms with E-state index >= 15 is 0 Å². The van der Waals surface area contributed by atoms with Gasteiger partial charge in [0.2, 0.25) is 11.7 Å². The highest BCUT2D eigenvalue weighted by Gasteiger charge is 2.09. The Morgan fingerprint density at radius 1 is 1.21 bits per heavy atom. The Morgan fingerprint density at radius 2 is 2.03 bits per heavy atom. The van der Waals surface area contributed by atoms with Gasteiger partial charge in [-0.1, -0.05) is 28.9 Å². The molecule has 3 aromatic rings. The number of hydrogen-bond acceptors (Lipinski definition) is 6. The van der Waals surface area contributed by atoms with Crippen LogP contribution in [0.25, 0.3) is 11.4 Å². The number of nitrogens with one attached hydrogen (secondary N) is 1. The van der Waals surface area contributed by atoms with E-state index in [9.17, 15) is 0 Å². The molecule has 2 aromatic carbocycles. The summed E-state index contributed by atoms with van der Waals surface area (Å²) in [5.74, 6) is 2.48. The summed E-state index contributed by atoms with van der Waals surface area (Å²) < 4.78 is 15.8. The van der Waals surface area contributed by atoms with Crippen molar-refractivity contribution in [2.75, 3.05) is 26.1 Å². The predicted octanol–water partition coefficient (Wildman–Crippen LogP) is 3.99. The maximum Gasteiger partial charge on any atom is 0.228 e. The maximum absolute atomic E-state index is 5.99.